The normalized spacial score (nSPS) is 18.3. The zero-order valence-electron chi connectivity index (χ0n) is 17.8. The summed E-state index contributed by atoms with van der Waals surface area (Å²) in [4.78, 5) is 27.5. The van der Waals surface area contributed by atoms with Gasteiger partial charge in [-0.2, -0.15) is 0 Å². The molecule has 0 atom stereocenters. The summed E-state index contributed by atoms with van der Waals surface area (Å²) in [5.74, 6) is 1.16. The third-order valence-corrected chi connectivity index (χ3v) is 7.58. The number of hydrogen-bond acceptors (Lipinski definition) is 5. The summed E-state index contributed by atoms with van der Waals surface area (Å²) < 4.78 is 2.43. The molecule has 1 aliphatic heterocycles. The fourth-order valence-corrected chi connectivity index (χ4v) is 5.94. The smallest absolute Gasteiger partial charge is 0.255 e. The number of anilines is 1. The minimum absolute atomic E-state index is 0.174. The van der Waals surface area contributed by atoms with Crippen molar-refractivity contribution in [1.29, 1.82) is 0 Å². The van der Waals surface area contributed by atoms with E-state index < -0.39 is 0 Å². The second-order valence-electron chi connectivity index (χ2n) is 8.56. The molecule has 0 unspecified atom stereocenters. The third kappa shape index (κ3) is 3.39. The van der Waals surface area contributed by atoms with Crippen LogP contribution in [0.5, 0.6) is 0 Å². The van der Waals surface area contributed by atoms with E-state index in [4.69, 9.17) is 0 Å². The van der Waals surface area contributed by atoms with E-state index in [-0.39, 0.29) is 5.91 Å². The van der Waals surface area contributed by atoms with Crippen molar-refractivity contribution >= 4 is 33.3 Å². The molecule has 2 aliphatic rings. The number of fused-ring (bicyclic) bond motifs is 1. The maximum Gasteiger partial charge on any atom is 0.255 e. The quantitative estimate of drug-likeness (QED) is 0.619. The number of amides is 1. The SMILES string of the molecule is Cc1cc(C(=O)N2CCN(c3ncnc4sccc34)CC2)c(C)n1C1CCCCC1. The van der Waals surface area contributed by atoms with Crippen molar-refractivity contribution in [2.45, 2.75) is 52.0 Å². The number of thiophene rings is 1. The summed E-state index contributed by atoms with van der Waals surface area (Å²) in [6.07, 6.45) is 8.06. The molecule has 158 valence electrons. The Kier molecular flexibility index (Phi) is 5.23. The van der Waals surface area contributed by atoms with Gasteiger partial charge in [0.25, 0.3) is 5.91 Å². The number of rotatable bonds is 3. The number of nitrogens with zero attached hydrogens (tertiary/aromatic N) is 5. The summed E-state index contributed by atoms with van der Waals surface area (Å²) in [5, 5.41) is 3.17. The van der Waals surface area contributed by atoms with E-state index in [0.29, 0.717) is 6.04 Å². The number of piperazine rings is 1. The van der Waals surface area contributed by atoms with Crippen LogP contribution in [0, 0.1) is 13.8 Å². The Morgan fingerprint density at radius 2 is 1.83 bits per heavy atom. The minimum Gasteiger partial charge on any atom is -0.352 e. The van der Waals surface area contributed by atoms with Crippen molar-refractivity contribution in [3.05, 3.63) is 40.8 Å². The fraction of sp³-hybridized carbons (Fsp3) is 0.522. The highest BCUT2D eigenvalue weighted by molar-refractivity contribution is 7.16. The molecule has 4 heterocycles. The van der Waals surface area contributed by atoms with Gasteiger partial charge in [0.1, 0.15) is 17.0 Å². The monoisotopic (exact) mass is 423 g/mol. The van der Waals surface area contributed by atoms with E-state index in [2.05, 4.69) is 50.8 Å². The van der Waals surface area contributed by atoms with E-state index in [0.717, 1.165) is 53.5 Å². The van der Waals surface area contributed by atoms with Gasteiger partial charge in [0.15, 0.2) is 0 Å². The topological polar surface area (TPSA) is 54.3 Å². The Hall–Kier alpha value is -2.41. The first-order valence-corrected chi connectivity index (χ1v) is 11.9. The molecule has 0 spiro atoms. The summed E-state index contributed by atoms with van der Waals surface area (Å²) in [7, 11) is 0. The lowest BCUT2D eigenvalue weighted by Crippen LogP contribution is -2.49. The molecular weight excluding hydrogens is 394 g/mol. The van der Waals surface area contributed by atoms with Crippen LogP contribution in [-0.2, 0) is 0 Å². The molecule has 0 N–H and O–H groups in total. The largest absolute Gasteiger partial charge is 0.352 e. The lowest BCUT2D eigenvalue weighted by Gasteiger charge is -2.35. The standard InChI is InChI=1S/C23H29N5OS/c1-16-14-20(17(2)28(16)18-6-4-3-5-7-18)23(29)27-11-9-26(10-12-27)21-19-8-13-30-22(19)25-15-24-21/h8,13-15,18H,3-7,9-12H2,1-2H3. The van der Waals surface area contributed by atoms with Gasteiger partial charge in [-0.1, -0.05) is 19.3 Å². The maximum atomic E-state index is 13.4. The molecule has 0 radical (unpaired) electrons. The van der Waals surface area contributed by atoms with Crippen molar-refractivity contribution in [2.24, 2.45) is 0 Å². The Balaban J connectivity index is 1.31. The van der Waals surface area contributed by atoms with Gasteiger partial charge in [-0.05, 0) is 44.2 Å². The second-order valence-corrected chi connectivity index (χ2v) is 9.46. The molecule has 6 nitrogen and oxygen atoms in total. The van der Waals surface area contributed by atoms with Crippen LogP contribution in [0.2, 0.25) is 0 Å². The van der Waals surface area contributed by atoms with Crippen molar-refractivity contribution in [3.63, 3.8) is 0 Å². The van der Waals surface area contributed by atoms with Gasteiger partial charge < -0.3 is 14.4 Å². The molecule has 1 amide bonds. The Labute approximate surface area is 181 Å². The molecule has 1 aliphatic carbocycles. The van der Waals surface area contributed by atoms with Gasteiger partial charge in [-0.15, -0.1) is 11.3 Å². The first kappa shape index (κ1) is 19.5. The van der Waals surface area contributed by atoms with Gasteiger partial charge in [0.2, 0.25) is 0 Å². The summed E-state index contributed by atoms with van der Waals surface area (Å²) >= 11 is 1.64. The Morgan fingerprint density at radius 3 is 2.60 bits per heavy atom. The number of carbonyl (C=O) groups is 1. The maximum absolute atomic E-state index is 13.4. The highest BCUT2D eigenvalue weighted by Gasteiger charge is 2.28. The van der Waals surface area contributed by atoms with Crippen molar-refractivity contribution in [3.8, 4) is 0 Å². The van der Waals surface area contributed by atoms with Crippen molar-refractivity contribution in [1.82, 2.24) is 19.4 Å². The van der Waals surface area contributed by atoms with E-state index in [1.54, 1.807) is 17.7 Å². The zero-order chi connectivity index (χ0) is 20.7. The van der Waals surface area contributed by atoms with Crippen LogP contribution >= 0.6 is 11.3 Å². The summed E-state index contributed by atoms with van der Waals surface area (Å²) in [6.45, 7) is 7.32. The average Bonchev–Trinajstić information content (AvgIpc) is 3.38. The Morgan fingerprint density at radius 1 is 1.07 bits per heavy atom. The molecule has 1 saturated carbocycles. The lowest BCUT2D eigenvalue weighted by atomic mass is 9.95. The van der Waals surface area contributed by atoms with Gasteiger partial charge in [-0.3, -0.25) is 4.79 Å². The van der Waals surface area contributed by atoms with Crippen LogP contribution in [0.4, 0.5) is 5.82 Å². The molecule has 0 bridgehead atoms. The molecule has 7 heteroatoms. The molecule has 5 rings (SSSR count). The highest BCUT2D eigenvalue weighted by Crippen LogP contribution is 2.33. The number of hydrogen-bond donors (Lipinski definition) is 0. The van der Waals surface area contributed by atoms with E-state index in [9.17, 15) is 4.79 Å². The zero-order valence-corrected chi connectivity index (χ0v) is 18.6. The fourth-order valence-electron chi connectivity index (χ4n) is 5.22. The third-order valence-electron chi connectivity index (χ3n) is 6.76. The highest BCUT2D eigenvalue weighted by atomic mass is 32.1. The van der Waals surface area contributed by atoms with Crippen LogP contribution in [0.25, 0.3) is 10.2 Å². The number of carbonyl (C=O) groups excluding carboxylic acids is 1. The molecule has 0 aromatic carbocycles. The Bertz CT molecular complexity index is 1060. The van der Waals surface area contributed by atoms with Gasteiger partial charge in [-0.25, -0.2) is 9.97 Å². The van der Waals surface area contributed by atoms with Gasteiger partial charge in [0.05, 0.1) is 10.9 Å². The van der Waals surface area contributed by atoms with Crippen LogP contribution in [0.1, 0.15) is 59.9 Å². The molecule has 30 heavy (non-hydrogen) atoms. The first-order valence-electron chi connectivity index (χ1n) is 11.0. The second kappa shape index (κ2) is 8.02. The van der Waals surface area contributed by atoms with E-state index in [1.807, 2.05) is 4.90 Å². The molecule has 2 fully saturated rings. The van der Waals surface area contributed by atoms with Crippen LogP contribution in [0.15, 0.2) is 23.8 Å². The molecule has 3 aromatic heterocycles. The van der Waals surface area contributed by atoms with E-state index in [1.165, 1.54) is 37.8 Å². The van der Waals surface area contributed by atoms with Crippen LogP contribution in [0.3, 0.4) is 0 Å². The first-order chi connectivity index (χ1) is 14.6. The van der Waals surface area contributed by atoms with Crippen molar-refractivity contribution in [2.75, 3.05) is 31.1 Å². The summed E-state index contributed by atoms with van der Waals surface area (Å²) in [5.41, 5.74) is 3.25. The van der Waals surface area contributed by atoms with Gasteiger partial charge in [0, 0.05) is 43.6 Å². The lowest BCUT2D eigenvalue weighted by molar-refractivity contribution is 0.0745. The van der Waals surface area contributed by atoms with Crippen molar-refractivity contribution < 1.29 is 4.79 Å². The number of aromatic nitrogens is 3. The molecular formula is C23H29N5OS. The van der Waals surface area contributed by atoms with Gasteiger partial charge >= 0.3 is 0 Å². The predicted molar refractivity (Wildman–Crippen MR) is 122 cm³/mol. The van der Waals surface area contributed by atoms with Crippen LogP contribution < -0.4 is 4.90 Å². The van der Waals surface area contributed by atoms with Crippen LogP contribution in [-0.4, -0.2) is 51.5 Å². The minimum atomic E-state index is 0.174. The van der Waals surface area contributed by atoms with E-state index >= 15 is 0 Å². The molecule has 1 saturated heterocycles. The predicted octanol–water partition coefficient (Wildman–Crippen LogP) is 4.58. The average molecular weight is 424 g/mol. The summed E-state index contributed by atoms with van der Waals surface area (Å²) in [6, 6.07) is 4.76. The number of aryl methyl sites for hydroxylation is 1. The molecule has 3 aromatic rings.